The second-order valence-corrected chi connectivity index (χ2v) is 6.93. The molecular weight excluding hydrogens is 381 g/mol. The third-order valence-electron chi connectivity index (χ3n) is 4.16. The van der Waals surface area contributed by atoms with E-state index in [2.05, 4.69) is 20.4 Å². The molecule has 8 heteroatoms. The Morgan fingerprint density at radius 2 is 1.79 bits per heavy atom. The van der Waals surface area contributed by atoms with Crippen LogP contribution < -0.4 is 15.4 Å². The van der Waals surface area contributed by atoms with Crippen molar-refractivity contribution in [2.45, 2.75) is 33.2 Å². The number of ether oxygens (including phenoxy) is 1. The Morgan fingerprint density at radius 3 is 2.45 bits per heavy atom. The third kappa shape index (κ3) is 7.30. The van der Waals surface area contributed by atoms with Crippen molar-refractivity contribution in [1.29, 1.82) is 0 Å². The number of rotatable bonds is 8. The van der Waals surface area contributed by atoms with E-state index in [4.69, 9.17) is 0 Å². The maximum absolute atomic E-state index is 13.9. The number of benzene rings is 2. The topological polar surface area (TPSA) is 48.9 Å². The van der Waals surface area contributed by atoms with Gasteiger partial charge in [-0.2, -0.15) is 8.78 Å². The number of guanidine groups is 1. The van der Waals surface area contributed by atoms with Gasteiger partial charge in [0.05, 0.1) is 0 Å². The second kappa shape index (κ2) is 10.7. The normalized spacial score (nSPS) is 11.8. The minimum absolute atomic E-state index is 0.125. The molecule has 0 aliphatic carbocycles. The van der Waals surface area contributed by atoms with Crippen molar-refractivity contribution in [3.05, 3.63) is 64.5 Å². The predicted octanol–water partition coefficient (Wildman–Crippen LogP) is 3.66. The third-order valence-corrected chi connectivity index (χ3v) is 4.16. The molecule has 0 unspecified atom stereocenters. The summed E-state index contributed by atoms with van der Waals surface area (Å²) in [6.45, 7) is 0.201. The van der Waals surface area contributed by atoms with E-state index in [1.165, 1.54) is 12.1 Å². The number of nitrogens with one attached hydrogen (secondary N) is 2. The van der Waals surface area contributed by atoms with Crippen LogP contribution in [0.2, 0.25) is 0 Å². The van der Waals surface area contributed by atoms with E-state index in [0.29, 0.717) is 30.2 Å². The van der Waals surface area contributed by atoms with Gasteiger partial charge in [-0.15, -0.1) is 0 Å². The van der Waals surface area contributed by atoms with Gasteiger partial charge < -0.3 is 20.3 Å². The smallest absolute Gasteiger partial charge is 0.387 e. The Bertz CT molecular complexity index is 841. The summed E-state index contributed by atoms with van der Waals surface area (Å²) in [4.78, 5) is 6.04. The number of nitrogens with zero attached hydrogens (tertiary/aromatic N) is 2. The van der Waals surface area contributed by atoms with E-state index in [9.17, 15) is 13.2 Å². The van der Waals surface area contributed by atoms with Gasteiger partial charge in [-0.1, -0.05) is 23.8 Å². The van der Waals surface area contributed by atoms with Crippen molar-refractivity contribution in [3.63, 3.8) is 0 Å². The van der Waals surface area contributed by atoms with E-state index in [1.807, 2.05) is 32.0 Å². The average molecular weight is 408 g/mol. The van der Waals surface area contributed by atoms with Gasteiger partial charge in [-0.05, 0) is 44.8 Å². The fourth-order valence-corrected chi connectivity index (χ4v) is 2.84. The molecule has 29 heavy (non-hydrogen) atoms. The number of alkyl halides is 2. The molecule has 2 rings (SSSR count). The van der Waals surface area contributed by atoms with Gasteiger partial charge in [0.1, 0.15) is 11.6 Å². The lowest BCUT2D eigenvalue weighted by atomic mass is 10.1. The number of halogens is 3. The molecule has 0 heterocycles. The van der Waals surface area contributed by atoms with Gasteiger partial charge in [0.25, 0.3) is 0 Å². The first-order valence-electron chi connectivity index (χ1n) is 9.19. The zero-order chi connectivity index (χ0) is 21.4. The summed E-state index contributed by atoms with van der Waals surface area (Å²) in [7, 11) is 5.38. The van der Waals surface area contributed by atoms with Gasteiger partial charge in [-0.3, -0.25) is 4.99 Å². The maximum Gasteiger partial charge on any atom is 0.387 e. The molecule has 0 bridgehead atoms. The summed E-state index contributed by atoms with van der Waals surface area (Å²) >= 11 is 0. The summed E-state index contributed by atoms with van der Waals surface area (Å²) in [6.07, 6.45) is 0. The summed E-state index contributed by atoms with van der Waals surface area (Å²) in [6, 6.07) is 10.0. The van der Waals surface area contributed by atoms with Crippen LogP contribution in [-0.2, 0) is 19.6 Å². The van der Waals surface area contributed by atoms with E-state index < -0.39 is 6.61 Å². The van der Waals surface area contributed by atoms with Crippen LogP contribution in [0.1, 0.15) is 22.3 Å². The Labute approximate surface area is 169 Å². The fraction of sp³-hybridized carbons (Fsp3) is 0.381. The van der Waals surface area contributed by atoms with Crippen LogP contribution in [0.4, 0.5) is 13.2 Å². The lowest BCUT2D eigenvalue weighted by Crippen LogP contribution is -2.36. The van der Waals surface area contributed by atoms with E-state index in [-0.39, 0.29) is 18.1 Å². The molecule has 0 aromatic heterocycles. The molecule has 0 fully saturated rings. The molecule has 2 aromatic rings. The molecule has 0 aliphatic rings. The lowest BCUT2D eigenvalue weighted by Gasteiger charge is -2.16. The van der Waals surface area contributed by atoms with Crippen LogP contribution in [0.5, 0.6) is 5.75 Å². The van der Waals surface area contributed by atoms with Crippen LogP contribution in [0.15, 0.2) is 41.4 Å². The zero-order valence-corrected chi connectivity index (χ0v) is 17.1. The lowest BCUT2D eigenvalue weighted by molar-refractivity contribution is -0.0504. The maximum atomic E-state index is 13.9. The summed E-state index contributed by atoms with van der Waals surface area (Å²) in [5.41, 5.74) is 3.06. The van der Waals surface area contributed by atoms with E-state index in [1.54, 1.807) is 25.2 Å². The van der Waals surface area contributed by atoms with Crippen LogP contribution in [0.3, 0.4) is 0 Å². The van der Waals surface area contributed by atoms with Gasteiger partial charge in [-0.25, -0.2) is 4.39 Å². The first-order chi connectivity index (χ1) is 13.8. The number of aliphatic imine (C=N–C) groups is 1. The highest BCUT2D eigenvalue weighted by molar-refractivity contribution is 5.79. The molecular formula is C21H27F3N4O. The van der Waals surface area contributed by atoms with Crippen molar-refractivity contribution >= 4 is 5.96 Å². The number of hydrogen-bond donors (Lipinski definition) is 2. The minimum Gasteiger partial charge on any atom is -0.434 e. The van der Waals surface area contributed by atoms with Crippen molar-refractivity contribution in [2.24, 2.45) is 4.99 Å². The molecule has 0 saturated carbocycles. The van der Waals surface area contributed by atoms with Crippen molar-refractivity contribution < 1.29 is 17.9 Å². The Morgan fingerprint density at radius 1 is 1.07 bits per heavy atom. The van der Waals surface area contributed by atoms with Gasteiger partial charge >= 0.3 is 6.61 Å². The molecule has 2 aromatic carbocycles. The Hall–Kier alpha value is -2.74. The molecule has 2 N–H and O–H groups in total. The molecule has 158 valence electrons. The molecule has 0 atom stereocenters. The van der Waals surface area contributed by atoms with Crippen molar-refractivity contribution in [3.8, 4) is 5.75 Å². The molecule has 0 spiro atoms. The monoisotopic (exact) mass is 408 g/mol. The summed E-state index contributed by atoms with van der Waals surface area (Å²) < 4.78 is 43.7. The predicted molar refractivity (Wildman–Crippen MR) is 109 cm³/mol. The van der Waals surface area contributed by atoms with Gasteiger partial charge in [0, 0.05) is 37.8 Å². The Kier molecular flexibility index (Phi) is 8.33. The highest BCUT2D eigenvalue weighted by Crippen LogP contribution is 2.22. The first-order valence-corrected chi connectivity index (χ1v) is 9.19. The number of aryl methyl sites for hydroxylation is 1. The summed E-state index contributed by atoms with van der Waals surface area (Å²) in [5, 5.41) is 6.23. The summed E-state index contributed by atoms with van der Waals surface area (Å²) in [5.74, 6) is 0.379. The van der Waals surface area contributed by atoms with Crippen LogP contribution in [-0.4, -0.2) is 38.6 Å². The first kappa shape index (κ1) is 22.5. The Balaban J connectivity index is 2.00. The average Bonchev–Trinajstić information content (AvgIpc) is 2.65. The molecule has 5 nitrogen and oxygen atoms in total. The molecule has 0 radical (unpaired) electrons. The van der Waals surface area contributed by atoms with Gasteiger partial charge in [0.15, 0.2) is 5.96 Å². The standard InChI is InChI=1S/C21H27F3N4O/c1-14-5-8-19(29-20(23)24)16(9-14)12-27-21(25-2)26-11-15-6-7-18(22)17(10-15)13-28(3)4/h5-10,20H,11-13H2,1-4H3,(H2,25,26,27). The van der Waals surface area contributed by atoms with Crippen LogP contribution in [0, 0.1) is 12.7 Å². The fourth-order valence-electron chi connectivity index (χ4n) is 2.84. The highest BCUT2D eigenvalue weighted by Gasteiger charge is 2.11. The SMILES string of the molecule is CN=C(NCc1ccc(F)c(CN(C)C)c1)NCc1cc(C)ccc1OC(F)F. The van der Waals surface area contributed by atoms with E-state index >= 15 is 0 Å². The molecule has 0 saturated heterocycles. The minimum atomic E-state index is -2.89. The van der Waals surface area contributed by atoms with E-state index in [0.717, 1.165) is 11.1 Å². The quantitative estimate of drug-likeness (QED) is 0.517. The van der Waals surface area contributed by atoms with Crippen molar-refractivity contribution in [2.75, 3.05) is 21.1 Å². The largest absolute Gasteiger partial charge is 0.434 e. The molecule has 0 aliphatic heterocycles. The number of hydrogen-bond acceptors (Lipinski definition) is 3. The van der Waals surface area contributed by atoms with Crippen LogP contribution in [0.25, 0.3) is 0 Å². The highest BCUT2D eigenvalue weighted by atomic mass is 19.3. The van der Waals surface area contributed by atoms with Crippen LogP contribution >= 0.6 is 0 Å². The zero-order valence-electron chi connectivity index (χ0n) is 17.1. The van der Waals surface area contributed by atoms with Gasteiger partial charge in [0.2, 0.25) is 0 Å². The second-order valence-electron chi connectivity index (χ2n) is 6.93. The molecule has 0 amide bonds. The van der Waals surface area contributed by atoms with Crippen molar-refractivity contribution in [1.82, 2.24) is 15.5 Å².